The number of nitrogens with zero attached hydrogens (tertiary/aromatic N) is 2. The van der Waals surface area contributed by atoms with E-state index >= 15 is 0 Å². The van der Waals surface area contributed by atoms with Gasteiger partial charge in [0.25, 0.3) is 0 Å². The molecule has 0 saturated carbocycles. The summed E-state index contributed by atoms with van der Waals surface area (Å²) in [5.41, 5.74) is 1.86. The van der Waals surface area contributed by atoms with E-state index in [4.69, 9.17) is 21.1 Å². The van der Waals surface area contributed by atoms with E-state index in [2.05, 4.69) is 25.5 Å². The molecule has 2 aliphatic rings. The number of carbonyl (C=O) groups excluding carboxylic acids is 2. The molecule has 3 N–H and O–H groups in total. The van der Waals surface area contributed by atoms with E-state index in [-0.39, 0.29) is 30.4 Å². The Labute approximate surface area is 221 Å². The quantitative estimate of drug-likeness (QED) is 0.451. The molecule has 4 heterocycles. The first kappa shape index (κ1) is 25.9. The van der Waals surface area contributed by atoms with Gasteiger partial charge in [-0.05, 0) is 51.8 Å². The number of nitrogens with one attached hydrogen (secondary N) is 3. The summed E-state index contributed by atoms with van der Waals surface area (Å²) in [4.78, 5) is 36.0. The third-order valence-electron chi connectivity index (χ3n) is 7.18. The van der Waals surface area contributed by atoms with Crippen molar-refractivity contribution in [2.24, 2.45) is 5.92 Å². The third-order valence-corrected chi connectivity index (χ3v) is 7.40. The minimum Gasteiger partial charge on any atom is -0.381 e. The molecule has 1 aromatic carbocycles. The molecule has 2 amide bonds. The molecule has 9 nitrogen and oxygen atoms in total. The summed E-state index contributed by atoms with van der Waals surface area (Å²) < 4.78 is 11.4. The Hall–Kier alpha value is -2.72. The Bertz CT molecular complexity index is 1300. The molecule has 2 unspecified atom stereocenters. The van der Waals surface area contributed by atoms with Crippen LogP contribution >= 0.6 is 11.6 Å². The van der Waals surface area contributed by atoms with Gasteiger partial charge in [-0.1, -0.05) is 11.6 Å². The van der Waals surface area contributed by atoms with E-state index in [1.807, 2.05) is 32.9 Å². The maximum atomic E-state index is 13.6. The van der Waals surface area contributed by atoms with Crippen molar-refractivity contribution >= 4 is 50.9 Å². The van der Waals surface area contributed by atoms with Gasteiger partial charge in [-0.15, -0.1) is 0 Å². The molecule has 0 radical (unpaired) electrons. The highest BCUT2D eigenvalue weighted by Gasteiger charge is 2.38. The maximum Gasteiger partial charge on any atom is 0.244 e. The number of aromatic amines is 1. The van der Waals surface area contributed by atoms with Gasteiger partial charge in [0.05, 0.1) is 35.1 Å². The lowest BCUT2D eigenvalue weighted by atomic mass is 9.99. The van der Waals surface area contributed by atoms with Gasteiger partial charge in [0.2, 0.25) is 11.8 Å². The average molecular weight is 528 g/mol. The number of benzene rings is 1. The molecule has 37 heavy (non-hydrogen) atoms. The molecule has 2 saturated heterocycles. The highest BCUT2D eigenvalue weighted by molar-refractivity contribution is 6.33. The van der Waals surface area contributed by atoms with Gasteiger partial charge in [0, 0.05) is 60.3 Å². The standard InChI is InChI=1S/C27H34ClN5O4/c1-16(30-25(34)17-5-8-36-9-6-17)13-33-15-27(2,3)37-14-23(33)26(35)32-21-11-18(28)10-20-19-4-7-29-12-22(19)31-24(20)21/h4,7,10-12,16-17,23,31H,5-6,8-9,13-15H2,1-3H3,(H,30,34)(H,32,35). The first-order valence-corrected chi connectivity index (χ1v) is 13.2. The molecule has 198 valence electrons. The van der Waals surface area contributed by atoms with E-state index in [0.717, 1.165) is 34.6 Å². The second-order valence-electron chi connectivity index (χ2n) is 10.7. The highest BCUT2D eigenvalue weighted by Crippen LogP contribution is 2.33. The minimum atomic E-state index is -0.518. The fraction of sp³-hybridized carbons (Fsp3) is 0.519. The molecule has 2 atom stereocenters. The Kier molecular flexibility index (Phi) is 7.40. The molecule has 3 aromatic rings. The predicted octanol–water partition coefficient (Wildman–Crippen LogP) is 3.72. The number of hydrogen-bond acceptors (Lipinski definition) is 6. The summed E-state index contributed by atoms with van der Waals surface area (Å²) in [5.74, 6) is -0.147. The van der Waals surface area contributed by atoms with Crippen LogP contribution in [0.5, 0.6) is 0 Å². The number of halogens is 1. The van der Waals surface area contributed by atoms with Crippen LogP contribution in [0.4, 0.5) is 5.69 Å². The average Bonchev–Trinajstić information content (AvgIpc) is 3.23. The Balaban J connectivity index is 1.33. The number of aromatic nitrogens is 2. The number of fused-ring (bicyclic) bond motifs is 3. The number of morpholine rings is 1. The second-order valence-corrected chi connectivity index (χ2v) is 11.2. The van der Waals surface area contributed by atoms with Crippen LogP contribution in [-0.4, -0.2) is 77.3 Å². The predicted molar refractivity (Wildman–Crippen MR) is 144 cm³/mol. The smallest absolute Gasteiger partial charge is 0.244 e. The van der Waals surface area contributed by atoms with Gasteiger partial charge in [-0.3, -0.25) is 19.5 Å². The lowest BCUT2D eigenvalue weighted by Crippen LogP contribution is -2.60. The monoisotopic (exact) mass is 527 g/mol. The molecule has 2 aromatic heterocycles. The zero-order valence-electron chi connectivity index (χ0n) is 21.5. The summed E-state index contributed by atoms with van der Waals surface area (Å²) in [5, 5.41) is 8.66. The summed E-state index contributed by atoms with van der Waals surface area (Å²) in [6.45, 7) is 8.59. The van der Waals surface area contributed by atoms with Crippen LogP contribution in [0, 0.1) is 5.92 Å². The molecule has 2 aliphatic heterocycles. The largest absolute Gasteiger partial charge is 0.381 e. The van der Waals surface area contributed by atoms with Crippen molar-refractivity contribution in [2.75, 3.05) is 38.2 Å². The van der Waals surface area contributed by atoms with Crippen molar-refractivity contribution in [2.45, 2.75) is 51.3 Å². The number of carbonyl (C=O) groups is 2. The van der Waals surface area contributed by atoms with E-state index in [1.54, 1.807) is 18.5 Å². The van der Waals surface area contributed by atoms with Crippen molar-refractivity contribution < 1.29 is 19.1 Å². The lowest BCUT2D eigenvalue weighted by Gasteiger charge is -2.43. The fourth-order valence-electron chi connectivity index (χ4n) is 5.34. The highest BCUT2D eigenvalue weighted by atomic mass is 35.5. The van der Waals surface area contributed by atoms with E-state index in [9.17, 15) is 9.59 Å². The Morgan fingerprint density at radius 2 is 2.03 bits per heavy atom. The lowest BCUT2D eigenvalue weighted by molar-refractivity contribution is -0.144. The zero-order valence-corrected chi connectivity index (χ0v) is 22.2. The van der Waals surface area contributed by atoms with Gasteiger partial charge < -0.3 is 25.1 Å². The maximum absolute atomic E-state index is 13.6. The molecule has 5 rings (SSSR count). The van der Waals surface area contributed by atoms with Crippen LogP contribution in [-0.2, 0) is 19.1 Å². The number of amides is 2. The molecule has 10 heteroatoms. The SMILES string of the molecule is CC(CN1CC(C)(C)OCC1C(=O)Nc1cc(Cl)cc2c1[nH]c1cnccc12)NC(=O)C1CCOCC1. The minimum absolute atomic E-state index is 0.0202. The van der Waals surface area contributed by atoms with E-state index in [1.165, 1.54) is 0 Å². The van der Waals surface area contributed by atoms with Crippen LogP contribution in [0.2, 0.25) is 5.02 Å². The third kappa shape index (κ3) is 5.75. The van der Waals surface area contributed by atoms with Gasteiger partial charge in [0.15, 0.2) is 0 Å². The van der Waals surface area contributed by atoms with Crippen molar-refractivity contribution in [3.05, 3.63) is 35.6 Å². The van der Waals surface area contributed by atoms with Crippen molar-refractivity contribution in [1.29, 1.82) is 0 Å². The number of H-pyrrole nitrogens is 1. The molecule has 0 bridgehead atoms. The summed E-state index contributed by atoms with van der Waals surface area (Å²) in [6.07, 6.45) is 4.97. The van der Waals surface area contributed by atoms with Gasteiger partial charge in [-0.2, -0.15) is 0 Å². The van der Waals surface area contributed by atoms with Crippen molar-refractivity contribution in [3.8, 4) is 0 Å². The van der Waals surface area contributed by atoms with E-state index in [0.29, 0.717) is 37.0 Å². The van der Waals surface area contributed by atoms with Crippen LogP contribution in [0.15, 0.2) is 30.6 Å². The van der Waals surface area contributed by atoms with Gasteiger partial charge in [-0.25, -0.2) is 0 Å². The number of ether oxygens (including phenoxy) is 2. The number of pyridine rings is 1. The van der Waals surface area contributed by atoms with Crippen LogP contribution in [0.1, 0.15) is 33.6 Å². The second kappa shape index (κ2) is 10.6. The van der Waals surface area contributed by atoms with Crippen LogP contribution in [0.3, 0.4) is 0 Å². The van der Waals surface area contributed by atoms with E-state index < -0.39 is 11.6 Å². The first-order chi connectivity index (χ1) is 17.7. The van der Waals surface area contributed by atoms with Crippen molar-refractivity contribution in [1.82, 2.24) is 20.2 Å². The molecular formula is C27H34ClN5O4. The van der Waals surface area contributed by atoms with Gasteiger partial charge in [0.1, 0.15) is 6.04 Å². The van der Waals surface area contributed by atoms with Gasteiger partial charge >= 0.3 is 0 Å². The molecule has 2 fully saturated rings. The number of anilines is 1. The fourth-order valence-corrected chi connectivity index (χ4v) is 5.56. The van der Waals surface area contributed by atoms with Crippen LogP contribution < -0.4 is 10.6 Å². The topological polar surface area (TPSA) is 109 Å². The summed E-state index contributed by atoms with van der Waals surface area (Å²) >= 11 is 6.43. The van der Waals surface area contributed by atoms with Crippen LogP contribution in [0.25, 0.3) is 21.8 Å². The Morgan fingerprint density at radius 1 is 1.24 bits per heavy atom. The van der Waals surface area contributed by atoms with Crippen molar-refractivity contribution in [3.63, 3.8) is 0 Å². The molecular weight excluding hydrogens is 494 g/mol. The first-order valence-electron chi connectivity index (χ1n) is 12.8. The molecule has 0 spiro atoms. The summed E-state index contributed by atoms with van der Waals surface area (Å²) in [7, 11) is 0. The number of hydrogen-bond donors (Lipinski definition) is 3. The number of rotatable bonds is 6. The molecule has 0 aliphatic carbocycles. The normalized spacial score (nSPS) is 21.7. The summed E-state index contributed by atoms with van der Waals surface area (Å²) in [6, 6.07) is 4.91. The zero-order chi connectivity index (χ0) is 26.2. The Morgan fingerprint density at radius 3 is 2.81 bits per heavy atom.